The lowest BCUT2D eigenvalue weighted by atomic mass is 9.89. The van der Waals surface area contributed by atoms with Gasteiger partial charge in [0.2, 0.25) is 5.91 Å². The van der Waals surface area contributed by atoms with E-state index in [1.165, 1.54) is 6.92 Å². The lowest BCUT2D eigenvalue weighted by molar-refractivity contribution is -0.120. The predicted octanol–water partition coefficient (Wildman–Crippen LogP) is 2.25. The zero-order valence-electron chi connectivity index (χ0n) is 14.4. The highest BCUT2D eigenvalue weighted by Crippen LogP contribution is 2.51. The summed E-state index contributed by atoms with van der Waals surface area (Å²) in [5, 5.41) is 12.4. The molecule has 0 saturated heterocycles. The molecule has 156 valence electrons. The zero-order valence-corrected chi connectivity index (χ0v) is 15.2. The van der Waals surface area contributed by atoms with Crippen LogP contribution >= 0.6 is 0 Å². The molecule has 2 aliphatic carbocycles. The summed E-state index contributed by atoms with van der Waals surface area (Å²) in [5.41, 5.74) is -7.16. The molecule has 12 heteroatoms. The molecule has 1 fully saturated rings. The van der Waals surface area contributed by atoms with Crippen LogP contribution in [0.25, 0.3) is 0 Å². The van der Waals surface area contributed by atoms with Gasteiger partial charge < -0.3 is 15.2 Å². The minimum atomic E-state index is -5.94. The third kappa shape index (κ3) is 3.43. The second-order valence-electron chi connectivity index (χ2n) is 6.85. The minimum Gasteiger partial charge on any atom is -0.490 e. The van der Waals surface area contributed by atoms with Gasteiger partial charge in [-0.1, -0.05) is 0 Å². The zero-order chi connectivity index (χ0) is 21.1. The van der Waals surface area contributed by atoms with Crippen molar-refractivity contribution in [1.29, 1.82) is 0 Å². The third-order valence-corrected chi connectivity index (χ3v) is 6.29. The van der Waals surface area contributed by atoms with Crippen molar-refractivity contribution in [2.24, 2.45) is 0 Å². The average Bonchev–Trinajstić information content (AvgIpc) is 2.74. The van der Waals surface area contributed by atoms with E-state index in [-0.39, 0.29) is 17.7 Å². The molecule has 1 saturated carbocycles. The lowest BCUT2D eigenvalue weighted by Gasteiger charge is -2.36. The Kier molecular flexibility index (Phi) is 4.86. The first kappa shape index (κ1) is 20.8. The van der Waals surface area contributed by atoms with Crippen LogP contribution in [0.1, 0.15) is 37.0 Å². The van der Waals surface area contributed by atoms with Crippen LogP contribution in [0, 0.1) is 0 Å². The predicted molar refractivity (Wildman–Crippen MR) is 84.5 cm³/mol. The largest absolute Gasteiger partial charge is 0.501 e. The number of carbonyl (C=O) groups excluding carboxylic acids is 1. The van der Waals surface area contributed by atoms with Crippen molar-refractivity contribution in [3.8, 4) is 5.75 Å². The van der Waals surface area contributed by atoms with Crippen molar-refractivity contribution < 1.29 is 45.0 Å². The maximum absolute atomic E-state index is 14.0. The molecule has 0 heterocycles. The molecule has 28 heavy (non-hydrogen) atoms. The molecule has 1 aromatic rings. The summed E-state index contributed by atoms with van der Waals surface area (Å²) in [6.45, 7) is 1.32. The number of hydrogen-bond donors (Lipinski definition) is 2. The Bertz CT molecular complexity index is 909. The quantitative estimate of drug-likeness (QED) is 0.717. The van der Waals surface area contributed by atoms with Crippen molar-refractivity contribution >= 4 is 15.7 Å². The van der Waals surface area contributed by atoms with Crippen LogP contribution in [0.3, 0.4) is 0 Å². The molecule has 1 aromatic carbocycles. The number of aliphatic hydroxyl groups is 1. The van der Waals surface area contributed by atoms with Crippen LogP contribution in [-0.2, 0) is 21.1 Å². The van der Waals surface area contributed by atoms with Crippen LogP contribution in [-0.4, -0.2) is 43.0 Å². The number of fused-ring (bicyclic) bond motifs is 1. The first-order valence-corrected chi connectivity index (χ1v) is 9.69. The van der Waals surface area contributed by atoms with Crippen LogP contribution in [0.2, 0.25) is 0 Å². The first-order chi connectivity index (χ1) is 12.7. The number of aliphatic hydroxyl groups excluding tert-OH is 1. The number of benzene rings is 1. The minimum absolute atomic E-state index is 0.174. The molecule has 0 aliphatic heterocycles. The molecule has 2 N–H and O–H groups in total. The van der Waals surface area contributed by atoms with Crippen LogP contribution in [0.4, 0.5) is 22.0 Å². The van der Waals surface area contributed by atoms with Crippen LogP contribution in [0.5, 0.6) is 5.75 Å². The molecule has 0 spiro atoms. The van der Waals surface area contributed by atoms with E-state index < -0.39 is 55.9 Å². The molecule has 6 nitrogen and oxygen atoms in total. The second kappa shape index (κ2) is 6.55. The van der Waals surface area contributed by atoms with E-state index in [9.17, 15) is 40.3 Å². The molecule has 3 rings (SSSR count). The monoisotopic (exact) mass is 429 g/mol. The fourth-order valence-corrected chi connectivity index (χ4v) is 4.39. The van der Waals surface area contributed by atoms with Crippen molar-refractivity contribution in [3.63, 3.8) is 0 Å². The Morgan fingerprint density at radius 2 is 1.89 bits per heavy atom. The van der Waals surface area contributed by atoms with E-state index in [4.69, 9.17) is 4.74 Å². The molecule has 0 aromatic heterocycles. The van der Waals surface area contributed by atoms with Gasteiger partial charge in [0, 0.05) is 43.4 Å². The van der Waals surface area contributed by atoms with E-state index in [1.54, 1.807) is 0 Å². The molecular weight excluding hydrogens is 413 g/mol. The van der Waals surface area contributed by atoms with Gasteiger partial charge in [0.15, 0.2) is 0 Å². The number of ether oxygens (including phenoxy) is 1. The fraction of sp³-hybridized carbons (Fsp3) is 0.562. The number of hydrogen-bond acceptors (Lipinski definition) is 5. The summed E-state index contributed by atoms with van der Waals surface area (Å²) in [5.74, 6) is -4.30. The van der Waals surface area contributed by atoms with Gasteiger partial charge in [-0.15, -0.1) is 0 Å². The summed E-state index contributed by atoms with van der Waals surface area (Å²) < 4.78 is 95.7. The highest BCUT2D eigenvalue weighted by Gasteiger charge is 2.55. The Morgan fingerprint density at radius 1 is 1.29 bits per heavy atom. The van der Waals surface area contributed by atoms with E-state index >= 15 is 0 Å². The van der Waals surface area contributed by atoms with Gasteiger partial charge in [-0.25, -0.2) is 17.2 Å². The molecule has 1 atom stereocenters. The van der Waals surface area contributed by atoms with Gasteiger partial charge >= 0.3 is 5.51 Å². The summed E-state index contributed by atoms with van der Waals surface area (Å²) in [6, 6.07) is 1.23. The molecule has 2 aliphatic rings. The molecule has 0 bridgehead atoms. The number of halogens is 5. The van der Waals surface area contributed by atoms with Crippen molar-refractivity contribution in [2.75, 3.05) is 0 Å². The molecule has 0 radical (unpaired) electrons. The number of sulfone groups is 1. The maximum Gasteiger partial charge on any atom is 0.501 e. The fourth-order valence-electron chi connectivity index (χ4n) is 3.37. The van der Waals surface area contributed by atoms with Gasteiger partial charge in [0.1, 0.15) is 18.0 Å². The first-order valence-electron chi connectivity index (χ1n) is 8.21. The SMILES string of the molecule is CC(=O)N[C@H]1C[C@@H](Oc2ccc(S(=O)(=O)C(F)(F)F)c3c2CC(F)(F)[C@H]3O)C1. The lowest BCUT2D eigenvalue weighted by Crippen LogP contribution is -2.48. The van der Waals surface area contributed by atoms with Crippen LogP contribution in [0.15, 0.2) is 17.0 Å². The van der Waals surface area contributed by atoms with Gasteiger partial charge in [-0.3, -0.25) is 4.79 Å². The summed E-state index contributed by atoms with van der Waals surface area (Å²) in [6.07, 6.45) is -3.63. The van der Waals surface area contributed by atoms with E-state index in [0.717, 1.165) is 6.07 Å². The third-order valence-electron chi connectivity index (χ3n) is 4.75. The maximum atomic E-state index is 14.0. The topological polar surface area (TPSA) is 92.7 Å². The van der Waals surface area contributed by atoms with E-state index in [0.29, 0.717) is 18.9 Å². The van der Waals surface area contributed by atoms with Crippen molar-refractivity contribution in [3.05, 3.63) is 23.3 Å². The number of nitrogens with one attached hydrogen (secondary N) is 1. The van der Waals surface area contributed by atoms with Gasteiger partial charge in [0.25, 0.3) is 15.8 Å². The van der Waals surface area contributed by atoms with Crippen LogP contribution < -0.4 is 10.1 Å². The standard InChI is InChI=1S/C16H16F5NO5S/c1-7(23)22-8-4-9(5-8)27-11-2-3-12(28(25,26)16(19,20)21)13-10(11)6-15(17,18)14(13)24/h2-3,8-9,14,24H,4-6H2,1H3,(H,22,23)/t8-,9+,14-/m0/s1. The molecule has 0 unspecified atom stereocenters. The number of carbonyl (C=O) groups is 1. The van der Waals surface area contributed by atoms with Gasteiger partial charge in [-0.2, -0.15) is 13.2 Å². The Balaban J connectivity index is 1.95. The van der Waals surface area contributed by atoms with E-state index in [2.05, 4.69) is 5.32 Å². The average molecular weight is 429 g/mol. The second-order valence-corrected chi connectivity index (χ2v) is 8.76. The van der Waals surface area contributed by atoms with Gasteiger partial charge in [0.05, 0.1) is 4.90 Å². The normalized spacial score (nSPS) is 26.3. The highest BCUT2D eigenvalue weighted by atomic mass is 32.2. The molecule has 1 amide bonds. The molecular formula is C16H16F5NO5S. The smallest absolute Gasteiger partial charge is 0.490 e. The number of rotatable bonds is 4. The summed E-state index contributed by atoms with van der Waals surface area (Å²) >= 11 is 0. The number of amides is 1. The summed E-state index contributed by atoms with van der Waals surface area (Å²) in [7, 11) is -5.94. The Morgan fingerprint density at radius 3 is 2.43 bits per heavy atom. The van der Waals surface area contributed by atoms with Gasteiger partial charge in [-0.05, 0) is 12.1 Å². The number of alkyl halides is 5. The Hall–Kier alpha value is -1.95. The van der Waals surface area contributed by atoms with Crippen molar-refractivity contribution in [2.45, 2.75) is 60.8 Å². The van der Waals surface area contributed by atoms with Crippen molar-refractivity contribution in [1.82, 2.24) is 5.32 Å². The highest BCUT2D eigenvalue weighted by molar-refractivity contribution is 7.92. The summed E-state index contributed by atoms with van der Waals surface area (Å²) in [4.78, 5) is 9.57. The Labute approximate surface area is 156 Å². The van der Waals surface area contributed by atoms with E-state index in [1.807, 2.05) is 0 Å².